The van der Waals surface area contributed by atoms with Crippen LogP contribution in [0.3, 0.4) is 0 Å². The fraction of sp³-hybridized carbons (Fsp3) is 0.263. The van der Waals surface area contributed by atoms with Gasteiger partial charge < -0.3 is 5.32 Å². The molecular weight excluding hydrogens is 341 g/mol. The lowest BCUT2D eigenvalue weighted by Gasteiger charge is -2.20. The molecule has 0 bridgehead atoms. The number of imidazole rings is 1. The largest absolute Gasteiger partial charge is 0.309 e. The molecule has 2 heterocycles. The number of hydrogen-bond donors (Lipinski definition) is 1. The number of halogens is 2. The Balaban J connectivity index is 2.15. The minimum absolute atomic E-state index is 0.195. The Morgan fingerprint density at radius 1 is 1.28 bits per heavy atom. The number of rotatable bonds is 4. The number of nitrogens with one attached hydrogen (secondary N) is 1. The number of benzene rings is 1. The van der Waals surface area contributed by atoms with Gasteiger partial charge in [0.15, 0.2) is 0 Å². The van der Waals surface area contributed by atoms with Gasteiger partial charge in [-0.25, -0.2) is 9.37 Å². The summed E-state index contributed by atoms with van der Waals surface area (Å²) in [5.41, 5.74) is 2.35. The van der Waals surface area contributed by atoms with E-state index in [1.54, 1.807) is 26.0 Å². The van der Waals surface area contributed by atoms with Crippen LogP contribution in [0.2, 0.25) is 0 Å². The summed E-state index contributed by atoms with van der Waals surface area (Å²) >= 11 is 5.92. The summed E-state index contributed by atoms with van der Waals surface area (Å²) in [5, 5.41) is 2.94. The van der Waals surface area contributed by atoms with Crippen LogP contribution in [0.25, 0.3) is 16.9 Å². The first-order valence-corrected chi connectivity index (χ1v) is 8.47. The number of fused-ring (bicyclic) bond motifs is 1. The van der Waals surface area contributed by atoms with Gasteiger partial charge in [0.2, 0.25) is 5.91 Å². The van der Waals surface area contributed by atoms with Crippen LogP contribution in [-0.4, -0.2) is 21.2 Å². The normalized spacial score (nSPS) is 11.7. The monoisotopic (exact) mass is 359 g/mol. The van der Waals surface area contributed by atoms with Gasteiger partial charge >= 0.3 is 0 Å². The minimum Gasteiger partial charge on any atom is -0.309 e. The summed E-state index contributed by atoms with van der Waals surface area (Å²) in [6, 6.07) is 9.90. The van der Waals surface area contributed by atoms with Gasteiger partial charge in [-0.05, 0) is 62.7 Å². The van der Waals surface area contributed by atoms with Crippen LogP contribution in [0, 0.1) is 18.2 Å². The molecule has 3 aromatic rings. The second kappa shape index (κ2) is 6.48. The maximum absolute atomic E-state index is 13.3. The molecular formula is C19H19ClFN3O. The van der Waals surface area contributed by atoms with E-state index in [4.69, 9.17) is 11.6 Å². The molecule has 130 valence electrons. The molecule has 0 radical (unpaired) electrons. The molecule has 1 aromatic carbocycles. The number of alkyl halides is 1. The number of carbonyl (C=O) groups is 1. The summed E-state index contributed by atoms with van der Waals surface area (Å²) in [5.74, 6) is 0.218. The first-order valence-electron chi connectivity index (χ1n) is 7.94. The van der Waals surface area contributed by atoms with E-state index >= 15 is 0 Å². The van der Waals surface area contributed by atoms with Crippen molar-refractivity contribution < 1.29 is 9.18 Å². The van der Waals surface area contributed by atoms with Gasteiger partial charge in [-0.3, -0.25) is 9.20 Å². The van der Waals surface area contributed by atoms with E-state index in [0.29, 0.717) is 17.2 Å². The van der Waals surface area contributed by atoms with E-state index in [9.17, 15) is 9.18 Å². The van der Waals surface area contributed by atoms with Gasteiger partial charge in [0.25, 0.3) is 0 Å². The van der Waals surface area contributed by atoms with Crippen molar-refractivity contribution in [3.05, 3.63) is 54.0 Å². The molecule has 0 fully saturated rings. The van der Waals surface area contributed by atoms with E-state index in [1.165, 1.54) is 12.1 Å². The maximum Gasteiger partial charge on any atom is 0.232 e. The first kappa shape index (κ1) is 17.4. The van der Waals surface area contributed by atoms with Crippen molar-refractivity contribution in [1.29, 1.82) is 0 Å². The lowest BCUT2D eigenvalue weighted by atomic mass is 9.95. The number of carbonyl (C=O) groups excluding carboxylic acids is 1. The second-order valence-corrected chi connectivity index (χ2v) is 6.99. The number of aromatic nitrogens is 2. The van der Waals surface area contributed by atoms with E-state index in [2.05, 4.69) is 10.3 Å². The highest BCUT2D eigenvalue weighted by Crippen LogP contribution is 2.31. The van der Waals surface area contributed by atoms with Gasteiger partial charge in [0.05, 0.1) is 5.41 Å². The molecule has 1 amide bonds. The standard InChI is InChI=1S/C19H19ClFN3O/c1-12-8-9-24-15(10-12)22-16(13-4-6-14(21)7-5-13)17(24)23-18(25)19(2,3)11-20/h4-10H,11H2,1-3H3,(H,23,25). The van der Waals surface area contributed by atoms with Gasteiger partial charge in [0.1, 0.15) is 23.0 Å². The van der Waals surface area contributed by atoms with E-state index in [1.807, 2.05) is 29.7 Å². The molecule has 0 spiro atoms. The van der Waals surface area contributed by atoms with Crippen LogP contribution < -0.4 is 5.32 Å². The number of aryl methyl sites for hydroxylation is 1. The fourth-order valence-electron chi connectivity index (χ4n) is 2.41. The Labute approximate surface area is 150 Å². The molecule has 2 aromatic heterocycles. The SMILES string of the molecule is Cc1ccn2c(NC(=O)C(C)(C)CCl)c(-c3ccc(F)cc3)nc2c1. The molecule has 4 nitrogen and oxygen atoms in total. The van der Waals surface area contributed by atoms with Crippen molar-refractivity contribution in [3.63, 3.8) is 0 Å². The number of amides is 1. The van der Waals surface area contributed by atoms with Crippen LogP contribution in [0.1, 0.15) is 19.4 Å². The predicted octanol–water partition coefficient (Wildman–Crippen LogP) is 4.65. The van der Waals surface area contributed by atoms with Crippen molar-refractivity contribution in [2.24, 2.45) is 5.41 Å². The fourth-order valence-corrected chi connectivity index (χ4v) is 2.53. The number of nitrogens with zero attached hydrogens (tertiary/aromatic N) is 2. The zero-order valence-electron chi connectivity index (χ0n) is 14.3. The summed E-state index contributed by atoms with van der Waals surface area (Å²) in [6.45, 7) is 5.53. The van der Waals surface area contributed by atoms with E-state index < -0.39 is 5.41 Å². The molecule has 0 atom stereocenters. The summed E-state index contributed by atoms with van der Waals surface area (Å²) in [6.07, 6.45) is 1.86. The molecule has 0 aliphatic carbocycles. The highest BCUT2D eigenvalue weighted by atomic mass is 35.5. The number of pyridine rings is 1. The van der Waals surface area contributed by atoms with Gasteiger partial charge in [-0.1, -0.05) is 0 Å². The average Bonchev–Trinajstić information content (AvgIpc) is 2.93. The van der Waals surface area contributed by atoms with Crippen LogP contribution in [0.15, 0.2) is 42.6 Å². The van der Waals surface area contributed by atoms with Gasteiger partial charge in [-0.15, -0.1) is 11.6 Å². The molecule has 6 heteroatoms. The highest BCUT2D eigenvalue weighted by molar-refractivity contribution is 6.20. The molecule has 0 unspecified atom stereocenters. The Morgan fingerprint density at radius 3 is 2.60 bits per heavy atom. The lowest BCUT2D eigenvalue weighted by molar-refractivity contribution is -0.123. The van der Waals surface area contributed by atoms with E-state index in [-0.39, 0.29) is 17.6 Å². The Hall–Kier alpha value is -2.40. The van der Waals surface area contributed by atoms with Gasteiger partial charge in [0, 0.05) is 17.6 Å². The smallest absolute Gasteiger partial charge is 0.232 e. The Kier molecular flexibility index (Phi) is 4.52. The summed E-state index contributed by atoms with van der Waals surface area (Å²) < 4.78 is 15.1. The van der Waals surface area contributed by atoms with Crippen molar-refractivity contribution in [2.75, 3.05) is 11.2 Å². The molecule has 0 aliphatic heterocycles. The Bertz CT molecular complexity index is 932. The van der Waals surface area contributed by atoms with Crippen molar-refractivity contribution in [2.45, 2.75) is 20.8 Å². The van der Waals surface area contributed by atoms with Crippen molar-refractivity contribution in [1.82, 2.24) is 9.38 Å². The topological polar surface area (TPSA) is 46.4 Å². The van der Waals surface area contributed by atoms with Gasteiger partial charge in [-0.2, -0.15) is 0 Å². The van der Waals surface area contributed by atoms with Crippen LogP contribution in [0.5, 0.6) is 0 Å². The maximum atomic E-state index is 13.3. The quantitative estimate of drug-likeness (QED) is 0.689. The second-order valence-electron chi connectivity index (χ2n) is 6.72. The number of anilines is 1. The third-order valence-electron chi connectivity index (χ3n) is 4.08. The third-order valence-corrected chi connectivity index (χ3v) is 4.75. The molecule has 0 saturated carbocycles. The molecule has 25 heavy (non-hydrogen) atoms. The van der Waals surface area contributed by atoms with Crippen LogP contribution >= 0.6 is 11.6 Å². The first-order chi connectivity index (χ1) is 11.8. The molecule has 1 N–H and O–H groups in total. The minimum atomic E-state index is -0.726. The summed E-state index contributed by atoms with van der Waals surface area (Å²) in [7, 11) is 0. The predicted molar refractivity (Wildman–Crippen MR) is 98.5 cm³/mol. The van der Waals surface area contributed by atoms with Crippen LogP contribution in [-0.2, 0) is 4.79 Å². The van der Waals surface area contributed by atoms with Crippen molar-refractivity contribution in [3.8, 4) is 11.3 Å². The molecule has 0 saturated heterocycles. The number of hydrogen-bond acceptors (Lipinski definition) is 2. The average molecular weight is 360 g/mol. The highest BCUT2D eigenvalue weighted by Gasteiger charge is 2.28. The molecule has 3 rings (SSSR count). The summed E-state index contributed by atoms with van der Waals surface area (Å²) in [4.78, 5) is 17.2. The zero-order valence-corrected chi connectivity index (χ0v) is 15.1. The van der Waals surface area contributed by atoms with E-state index in [0.717, 1.165) is 11.1 Å². The van der Waals surface area contributed by atoms with Crippen molar-refractivity contribution >= 4 is 29.0 Å². The molecule has 0 aliphatic rings. The third kappa shape index (κ3) is 3.37. The van der Waals surface area contributed by atoms with Crippen LogP contribution in [0.4, 0.5) is 10.2 Å². The zero-order chi connectivity index (χ0) is 18.2. The Morgan fingerprint density at radius 2 is 1.96 bits per heavy atom. The lowest BCUT2D eigenvalue weighted by Crippen LogP contribution is -2.32.